The number of carboxylic acid groups (broad SMARTS) is 2. The fourth-order valence-corrected chi connectivity index (χ4v) is 0.447. The van der Waals surface area contributed by atoms with Crippen molar-refractivity contribution >= 4 is 37.2 Å². The number of hydrogen-bond acceptors (Lipinski definition) is 8. The summed E-state index contributed by atoms with van der Waals surface area (Å²) in [6.07, 6.45) is 0. The van der Waals surface area contributed by atoms with Gasteiger partial charge in [0.15, 0.2) is 0 Å². The molecule has 4 N–H and O–H groups in total. The zero-order valence-electron chi connectivity index (χ0n) is 7.63. The van der Waals surface area contributed by atoms with Crippen LogP contribution >= 0.6 is 25.3 Å². The van der Waals surface area contributed by atoms with Crippen LogP contribution in [0.2, 0.25) is 0 Å². The van der Waals surface area contributed by atoms with E-state index < -0.39 is 24.0 Å². The molecule has 0 aromatic heterocycles. The van der Waals surface area contributed by atoms with E-state index >= 15 is 0 Å². The van der Waals surface area contributed by atoms with Gasteiger partial charge in [-0.3, -0.25) is 0 Å². The molecular weight excluding hydrogens is 283 g/mol. The smallest absolute Gasteiger partial charge is 0.548 e. The Labute approximate surface area is 109 Å². The Morgan fingerprint density at radius 1 is 1.00 bits per heavy atom. The third-order valence-corrected chi connectivity index (χ3v) is 1.79. The number of hydrogen-bond donors (Lipinski definition) is 4. The molecule has 2 atom stereocenters. The molecule has 89 valence electrons. The van der Waals surface area contributed by atoms with Crippen molar-refractivity contribution in [1.82, 2.24) is 0 Å². The van der Waals surface area contributed by atoms with Crippen LogP contribution in [-0.2, 0) is 26.7 Å². The van der Waals surface area contributed by atoms with Gasteiger partial charge in [-0.15, -0.1) is 0 Å². The van der Waals surface area contributed by atoms with Crippen molar-refractivity contribution in [2.24, 2.45) is 11.5 Å². The number of carbonyl (C=O) groups excluding carboxylic acids is 2. The van der Waals surface area contributed by atoms with Crippen molar-refractivity contribution in [2.45, 2.75) is 12.1 Å². The minimum absolute atomic E-state index is 0. The van der Waals surface area contributed by atoms with Gasteiger partial charge in [-0.25, -0.2) is 0 Å². The zero-order chi connectivity index (χ0) is 11.7. The molecule has 0 unspecified atom stereocenters. The van der Waals surface area contributed by atoms with Gasteiger partial charge in [0.1, 0.15) is 0 Å². The topological polar surface area (TPSA) is 132 Å². The van der Waals surface area contributed by atoms with Crippen molar-refractivity contribution in [3.8, 4) is 0 Å². The molecule has 0 aromatic carbocycles. The van der Waals surface area contributed by atoms with E-state index in [-0.39, 0.29) is 28.6 Å². The van der Waals surface area contributed by atoms with Gasteiger partial charge in [0.25, 0.3) is 0 Å². The third-order valence-electron chi connectivity index (χ3n) is 0.999. The Bertz CT molecular complexity index is 176. The van der Waals surface area contributed by atoms with E-state index in [2.05, 4.69) is 25.3 Å². The molecule has 6 nitrogen and oxygen atoms in total. The average Bonchev–Trinajstić information content (AvgIpc) is 2.15. The Hall–Kier alpha value is 0.0795. The second-order valence-electron chi connectivity index (χ2n) is 2.22. The van der Waals surface area contributed by atoms with E-state index in [0.717, 1.165) is 0 Å². The van der Waals surface area contributed by atoms with Crippen LogP contribution in [0.5, 0.6) is 0 Å². The van der Waals surface area contributed by atoms with Gasteiger partial charge >= 0.3 is 17.1 Å². The summed E-state index contributed by atoms with van der Waals surface area (Å²) >= 11 is 7.22. The summed E-state index contributed by atoms with van der Waals surface area (Å²) in [7, 11) is 0. The molecule has 0 aromatic rings. The van der Waals surface area contributed by atoms with E-state index in [0.29, 0.717) is 0 Å². The standard InChI is InChI=1S/2C3H7NO2S.Mn/c2*4-2(1-7)3(5)6;/h2*2,7H,1,4H2,(H,5,6);/q;;+2/p-2/t2*2-;/m00./s1. The van der Waals surface area contributed by atoms with Crippen LogP contribution in [0.4, 0.5) is 0 Å². The number of nitrogens with two attached hydrogens (primary N) is 2. The van der Waals surface area contributed by atoms with Crippen LogP contribution in [0, 0.1) is 0 Å². The van der Waals surface area contributed by atoms with Crippen molar-refractivity contribution in [3.63, 3.8) is 0 Å². The van der Waals surface area contributed by atoms with Crippen molar-refractivity contribution in [3.05, 3.63) is 0 Å². The Morgan fingerprint density at radius 3 is 1.20 bits per heavy atom. The molecule has 9 heteroatoms. The number of aliphatic carboxylic acids is 2. The third kappa shape index (κ3) is 14.1. The monoisotopic (exact) mass is 295 g/mol. The van der Waals surface area contributed by atoms with Gasteiger partial charge in [0, 0.05) is 11.5 Å². The molecular formula is C6H12MnN2O4S2. The van der Waals surface area contributed by atoms with Crippen LogP contribution in [0.25, 0.3) is 0 Å². The van der Waals surface area contributed by atoms with Gasteiger partial charge in [-0.1, -0.05) is 0 Å². The first-order chi connectivity index (χ1) is 6.36. The molecule has 0 saturated heterocycles. The number of rotatable bonds is 4. The molecule has 0 bridgehead atoms. The maximum absolute atomic E-state index is 9.65. The van der Waals surface area contributed by atoms with E-state index in [4.69, 9.17) is 11.5 Å². The number of carboxylic acids is 2. The van der Waals surface area contributed by atoms with Crippen molar-refractivity contribution < 1.29 is 36.9 Å². The SMILES string of the molecule is N[C@@H](CS)C(=O)[O-].N[C@@H](CS)C(=O)[O-].[Mn+2]. The normalized spacial score (nSPS) is 12.5. The molecule has 15 heavy (non-hydrogen) atoms. The molecule has 0 saturated carbocycles. The van der Waals surface area contributed by atoms with Crippen LogP contribution in [0.3, 0.4) is 0 Å². The van der Waals surface area contributed by atoms with E-state index in [1.54, 1.807) is 0 Å². The van der Waals surface area contributed by atoms with Gasteiger partial charge in [0.2, 0.25) is 0 Å². The molecule has 0 heterocycles. The van der Waals surface area contributed by atoms with E-state index in [9.17, 15) is 19.8 Å². The first-order valence-corrected chi connectivity index (χ1v) is 4.77. The Balaban J connectivity index is -0.000000180. The van der Waals surface area contributed by atoms with Crippen molar-refractivity contribution in [2.75, 3.05) is 11.5 Å². The average molecular weight is 295 g/mol. The second kappa shape index (κ2) is 12.2. The number of carbonyl (C=O) groups is 2. The molecule has 0 spiro atoms. The predicted octanol–water partition coefficient (Wildman–Crippen LogP) is -4.02. The van der Waals surface area contributed by atoms with Crippen LogP contribution in [0.1, 0.15) is 0 Å². The summed E-state index contributed by atoms with van der Waals surface area (Å²) in [6.45, 7) is 0. The largest absolute Gasteiger partial charge is 2.00 e. The second-order valence-corrected chi connectivity index (χ2v) is 2.95. The first kappa shape index (κ1) is 20.5. The fourth-order valence-electron chi connectivity index (χ4n) is 0.149. The van der Waals surface area contributed by atoms with Crippen LogP contribution in [0.15, 0.2) is 0 Å². The summed E-state index contributed by atoms with van der Waals surface area (Å²) in [5.41, 5.74) is 9.75. The van der Waals surface area contributed by atoms with Crippen LogP contribution in [-0.4, -0.2) is 35.5 Å². The molecule has 0 amide bonds. The Morgan fingerprint density at radius 2 is 1.20 bits per heavy atom. The first-order valence-electron chi connectivity index (χ1n) is 3.51. The maximum atomic E-state index is 9.65. The van der Waals surface area contributed by atoms with Gasteiger partial charge in [0.05, 0.1) is 24.0 Å². The van der Waals surface area contributed by atoms with E-state index in [1.165, 1.54) is 0 Å². The quantitative estimate of drug-likeness (QED) is 0.308. The summed E-state index contributed by atoms with van der Waals surface area (Å²) in [5, 5.41) is 19.3. The van der Waals surface area contributed by atoms with Gasteiger partial charge in [-0.05, 0) is 0 Å². The molecule has 0 aliphatic carbocycles. The molecule has 0 aliphatic heterocycles. The summed E-state index contributed by atoms with van der Waals surface area (Å²) in [4.78, 5) is 19.3. The molecule has 0 aliphatic rings. The number of thiol groups is 2. The van der Waals surface area contributed by atoms with E-state index in [1.807, 2.05) is 0 Å². The summed E-state index contributed by atoms with van der Waals surface area (Å²) < 4.78 is 0. The Kier molecular flexibility index (Phi) is 16.6. The van der Waals surface area contributed by atoms with Gasteiger partial charge in [-0.2, -0.15) is 25.3 Å². The van der Waals surface area contributed by atoms with Crippen molar-refractivity contribution in [1.29, 1.82) is 0 Å². The fraction of sp³-hybridized carbons (Fsp3) is 0.667. The molecule has 0 fully saturated rings. The molecule has 1 radical (unpaired) electrons. The predicted molar refractivity (Wildman–Crippen MR) is 53.7 cm³/mol. The summed E-state index contributed by atoms with van der Waals surface area (Å²) in [5.74, 6) is -2.25. The maximum Gasteiger partial charge on any atom is 2.00 e. The minimum atomic E-state index is -1.25. The van der Waals surface area contributed by atoms with Crippen LogP contribution < -0.4 is 21.7 Å². The molecule has 0 rings (SSSR count). The summed E-state index contributed by atoms with van der Waals surface area (Å²) in [6, 6.07) is -1.85. The van der Waals surface area contributed by atoms with Gasteiger partial charge < -0.3 is 31.3 Å². The minimum Gasteiger partial charge on any atom is -0.548 e. The zero-order valence-corrected chi connectivity index (χ0v) is 10.6.